The van der Waals surface area contributed by atoms with Crippen LogP contribution in [0.4, 0.5) is 5.82 Å². The molecule has 162 valence electrons. The smallest absolute Gasteiger partial charge is 0.234 e. The second-order valence-electron chi connectivity index (χ2n) is 8.90. The van der Waals surface area contributed by atoms with Gasteiger partial charge in [-0.15, -0.1) is 5.10 Å². The normalized spacial score (nSPS) is 17.5. The standard InChI is InChI=1S/C24H35N5O/c1-18(2)15-20-9-11-21(12-10-20)19(3)26-24(30)17-28(4)16-22-7-6-14-29(22)23-8-5-13-25-27-23/h5,8-13,18-19,22H,6-7,14-17H2,1-4H3,(H,26,30). The van der Waals surface area contributed by atoms with Crippen molar-refractivity contribution in [2.45, 2.75) is 52.1 Å². The Morgan fingerprint density at radius 3 is 2.67 bits per heavy atom. The van der Waals surface area contributed by atoms with E-state index >= 15 is 0 Å². The largest absolute Gasteiger partial charge is 0.351 e. The monoisotopic (exact) mass is 409 g/mol. The molecule has 2 heterocycles. The molecule has 1 fully saturated rings. The Kier molecular flexibility index (Phi) is 7.80. The number of hydrogen-bond donors (Lipinski definition) is 1. The number of anilines is 1. The first-order valence-corrected chi connectivity index (χ1v) is 11.0. The highest BCUT2D eigenvalue weighted by atomic mass is 16.2. The van der Waals surface area contributed by atoms with Crippen LogP contribution in [0.3, 0.4) is 0 Å². The van der Waals surface area contributed by atoms with Crippen molar-refractivity contribution in [1.29, 1.82) is 0 Å². The molecule has 1 aromatic carbocycles. The summed E-state index contributed by atoms with van der Waals surface area (Å²) in [5.74, 6) is 1.63. The molecule has 2 atom stereocenters. The number of rotatable bonds is 9. The first-order chi connectivity index (χ1) is 14.4. The van der Waals surface area contributed by atoms with Gasteiger partial charge < -0.3 is 10.2 Å². The number of carbonyl (C=O) groups excluding carboxylic acids is 1. The first kappa shape index (κ1) is 22.2. The maximum Gasteiger partial charge on any atom is 0.234 e. The average Bonchev–Trinajstić information content (AvgIpc) is 3.16. The van der Waals surface area contributed by atoms with E-state index in [2.05, 4.69) is 63.4 Å². The Morgan fingerprint density at radius 1 is 1.23 bits per heavy atom. The van der Waals surface area contributed by atoms with Gasteiger partial charge in [0, 0.05) is 25.3 Å². The Morgan fingerprint density at radius 2 is 2.00 bits per heavy atom. The van der Waals surface area contributed by atoms with Crippen LogP contribution >= 0.6 is 0 Å². The third kappa shape index (κ3) is 6.26. The van der Waals surface area contributed by atoms with Crippen LogP contribution in [-0.4, -0.2) is 53.7 Å². The van der Waals surface area contributed by atoms with Crippen molar-refractivity contribution in [2.24, 2.45) is 5.92 Å². The number of benzene rings is 1. The average molecular weight is 410 g/mol. The minimum Gasteiger partial charge on any atom is -0.351 e. The van der Waals surface area contributed by atoms with Gasteiger partial charge in [0.1, 0.15) is 0 Å². The molecule has 0 radical (unpaired) electrons. The Balaban J connectivity index is 1.48. The zero-order valence-electron chi connectivity index (χ0n) is 18.7. The van der Waals surface area contributed by atoms with Gasteiger partial charge in [-0.3, -0.25) is 9.69 Å². The Hall–Kier alpha value is -2.47. The summed E-state index contributed by atoms with van der Waals surface area (Å²) in [7, 11) is 2.01. The second kappa shape index (κ2) is 10.5. The molecule has 0 aliphatic carbocycles. The molecule has 30 heavy (non-hydrogen) atoms. The Labute approximate surface area is 180 Å². The lowest BCUT2D eigenvalue weighted by Crippen LogP contribution is -2.43. The van der Waals surface area contributed by atoms with Crippen LogP contribution in [0.15, 0.2) is 42.6 Å². The van der Waals surface area contributed by atoms with Gasteiger partial charge in [0.25, 0.3) is 0 Å². The van der Waals surface area contributed by atoms with Gasteiger partial charge >= 0.3 is 0 Å². The molecule has 1 N–H and O–H groups in total. The van der Waals surface area contributed by atoms with Crippen LogP contribution in [0.5, 0.6) is 0 Å². The van der Waals surface area contributed by atoms with Gasteiger partial charge in [-0.2, -0.15) is 5.10 Å². The van der Waals surface area contributed by atoms with Crippen molar-refractivity contribution in [1.82, 2.24) is 20.4 Å². The molecule has 1 saturated heterocycles. The summed E-state index contributed by atoms with van der Waals surface area (Å²) in [6, 6.07) is 12.9. The number of carbonyl (C=O) groups is 1. The molecule has 6 nitrogen and oxygen atoms in total. The van der Waals surface area contributed by atoms with E-state index in [-0.39, 0.29) is 11.9 Å². The topological polar surface area (TPSA) is 61.4 Å². The van der Waals surface area contributed by atoms with Gasteiger partial charge in [-0.05, 0) is 62.4 Å². The van der Waals surface area contributed by atoms with Crippen molar-refractivity contribution in [3.05, 3.63) is 53.7 Å². The van der Waals surface area contributed by atoms with E-state index in [9.17, 15) is 4.79 Å². The van der Waals surface area contributed by atoms with E-state index in [1.807, 2.05) is 26.1 Å². The second-order valence-corrected chi connectivity index (χ2v) is 8.90. The van der Waals surface area contributed by atoms with Crippen LogP contribution in [0.25, 0.3) is 0 Å². The molecule has 1 aliphatic heterocycles. The number of nitrogens with zero attached hydrogens (tertiary/aromatic N) is 4. The number of hydrogen-bond acceptors (Lipinski definition) is 5. The number of likely N-dealkylation sites (N-methyl/N-ethyl adjacent to an activating group) is 1. The molecule has 2 aromatic rings. The third-order valence-electron chi connectivity index (χ3n) is 5.67. The van der Waals surface area contributed by atoms with Gasteiger partial charge in [0.05, 0.1) is 12.6 Å². The maximum absolute atomic E-state index is 12.6. The van der Waals surface area contributed by atoms with E-state index in [4.69, 9.17) is 0 Å². The molecule has 0 saturated carbocycles. The number of aromatic nitrogens is 2. The van der Waals surface area contributed by atoms with Gasteiger partial charge in [-0.1, -0.05) is 38.1 Å². The number of nitrogens with one attached hydrogen (secondary N) is 1. The minimum atomic E-state index is 0.00146. The fourth-order valence-corrected chi connectivity index (χ4v) is 4.23. The molecular formula is C24H35N5O. The van der Waals surface area contributed by atoms with E-state index < -0.39 is 0 Å². The first-order valence-electron chi connectivity index (χ1n) is 11.0. The summed E-state index contributed by atoms with van der Waals surface area (Å²) >= 11 is 0. The summed E-state index contributed by atoms with van der Waals surface area (Å²) in [5, 5.41) is 11.4. The lowest BCUT2D eigenvalue weighted by Gasteiger charge is -2.29. The summed E-state index contributed by atoms with van der Waals surface area (Å²) in [6.07, 6.45) is 5.04. The lowest BCUT2D eigenvalue weighted by molar-refractivity contribution is -0.122. The van der Waals surface area contributed by atoms with Gasteiger partial charge in [-0.25, -0.2) is 0 Å². The molecule has 1 aliphatic rings. The summed E-state index contributed by atoms with van der Waals surface area (Å²) < 4.78 is 0. The van der Waals surface area contributed by atoms with Crippen LogP contribution in [0.2, 0.25) is 0 Å². The van der Waals surface area contributed by atoms with Crippen molar-refractivity contribution in [2.75, 3.05) is 31.6 Å². The van der Waals surface area contributed by atoms with Crippen LogP contribution in [0, 0.1) is 5.92 Å². The van der Waals surface area contributed by atoms with E-state index in [1.165, 1.54) is 5.56 Å². The van der Waals surface area contributed by atoms with Crippen LogP contribution in [0.1, 0.15) is 50.8 Å². The fourth-order valence-electron chi connectivity index (χ4n) is 4.23. The van der Waals surface area contributed by atoms with Gasteiger partial charge in [0.2, 0.25) is 5.91 Å². The van der Waals surface area contributed by atoms with E-state index in [0.29, 0.717) is 18.5 Å². The van der Waals surface area contributed by atoms with Crippen molar-refractivity contribution < 1.29 is 4.79 Å². The van der Waals surface area contributed by atoms with Crippen molar-refractivity contribution in [3.63, 3.8) is 0 Å². The van der Waals surface area contributed by atoms with Crippen LogP contribution < -0.4 is 10.2 Å². The summed E-state index contributed by atoms with van der Waals surface area (Å²) in [5.41, 5.74) is 2.49. The Bertz CT molecular complexity index is 793. The molecule has 1 amide bonds. The van der Waals surface area contributed by atoms with Crippen molar-refractivity contribution in [3.8, 4) is 0 Å². The lowest BCUT2D eigenvalue weighted by atomic mass is 10.00. The minimum absolute atomic E-state index is 0.00146. The predicted molar refractivity (Wildman–Crippen MR) is 121 cm³/mol. The van der Waals surface area contributed by atoms with Crippen molar-refractivity contribution >= 4 is 11.7 Å². The summed E-state index contributed by atoms with van der Waals surface area (Å²) in [4.78, 5) is 17.0. The molecule has 2 unspecified atom stereocenters. The highest BCUT2D eigenvalue weighted by Gasteiger charge is 2.27. The molecular weight excluding hydrogens is 374 g/mol. The zero-order valence-corrected chi connectivity index (χ0v) is 18.7. The van der Waals surface area contributed by atoms with E-state index in [0.717, 1.165) is 43.7 Å². The number of amides is 1. The maximum atomic E-state index is 12.6. The highest BCUT2D eigenvalue weighted by molar-refractivity contribution is 5.78. The fraction of sp³-hybridized carbons (Fsp3) is 0.542. The predicted octanol–water partition coefficient (Wildman–Crippen LogP) is 3.45. The van der Waals surface area contributed by atoms with Crippen LogP contribution in [-0.2, 0) is 11.2 Å². The van der Waals surface area contributed by atoms with E-state index in [1.54, 1.807) is 6.20 Å². The molecule has 1 aromatic heterocycles. The molecule has 3 rings (SSSR count). The quantitative estimate of drug-likeness (QED) is 0.687. The SMILES string of the molecule is CC(C)Cc1ccc(C(C)NC(=O)CN(C)CC2CCCN2c2cccnn2)cc1. The highest BCUT2D eigenvalue weighted by Crippen LogP contribution is 2.23. The molecule has 0 spiro atoms. The molecule has 0 bridgehead atoms. The summed E-state index contributed by atoms with van der Waals surface area (Å²) in [6.45, 7) is 8.72. The molecule has 6 heteroatoms. The third-order valence-corrected chi connectivity index (χ3v) is 5.67. The van der Waals surface area contributed by atoms with Gasteiger partial charge in [0.15, 0.2) is 5.82 Å². The zero-order chi connectivity index (χ0) is 21.5.